The van der Waals surface area contributed by atoms with Crippen molar-refractivity contribution in [3.63, 3.8) is 0 Å². The van der Waals surface area contributed by atoms with Crippen molar-refractivity contribution in [2.75, 3.05) is 0 Å². The van der Waals surface area contributed by atoms with Crippen molar-refractivity contribution < 1.29 is 25.6 Å². The van der Waals surface area contributed by atoms with Crippen LogP contribution in [0.1, 0.15) is 43.6 Å². The predicted octanol–water partition coefficient (Wildman–Crippen LogP) is 3.15. The average Bonchev–Trinajstić information content (AvgIpc) is 2.65. The Labute approximate surface area is 126 Å². The number of alkyl halides is 3. The fraction of sp³-hybridized carbons (Fsp3) is 0.467. The summed E-state index contributed by atoms with van der Waals surface area (Å²) in [6.45, 7) is 5.92. The van der Waals surface area contributed by atoms with E-state index in [4.69, 9.17) is 0 Å². The van der Waals surface area contributed by atoms with E-state index in [2.05, 4.69) is 0 Å². The zero-order valence-corrected chi connectivity index (χ0v) is 13.3. The summed E-state index contributed by atoms with van der Waals surface area (Å²) in [7, 11) is -1.72. The maximum atomic E-state index is 13.3. The van der Waals surface area contributed by atoms with Crippen molar-refractivity contribution in [1.29, 1.82) is 0 Å². The number of fused-ring (bicyclic) bond motifs is 1. The summed E-state index contributed by atoms with van der Waals surface area (Å²) in [4.78, 5) is 0.533. The summed E-state index contributed by atoms with van der Waals surface area (Å²) >= 11 is 0. The third-order valence-electron chi connectivity index (χ3n) is 3.23. The normalized spacial score (nSPS) is 12.8. The van der Waals surface area contributed by atoms with Gasteiger partial charge in [0.25, 0.3) is 0 Å². The largest absolute Gasteiger partial charge is 1.00 e. The average molecular weight is 323 g/mol. The fourth-order valence-electron chi connectivity index (χ4n) is 2.27. The lowest BCUT2D eigenvalue weighted by molar-refractivity contribution is -0.0867. The summed E-state index contributed by atoms with van der Waals surface area (Å²) in [5.74, 6) is 0.249. The van der Waals surface area contributed by atoms with Crippen molar-refractivity contribution in [2.45, 2.75) is 45.0 Å². The van der Waals surface area contributed by atoms with Crippen LogP contribution in [0.5, 0.6) is 0 Å². The van der Waals surface area contributed by atoms with Crippen LogP contribution in [-0.4, -0.2) is 0 Å². The maximum Gasteiger partial charge on any atom is 0.600 e. The molecule has 0 aliphatic heterocycles. The van der Waals surface area contributed by atoms with E-state index in [1.54, 1.807) is 12.1 Å². The first-order valence-corrected chi connectivity index (χ1v) is 7.72. The molecule has 0 N–H and O–H groups in total. The minimum absolute atomic E-state index is 0. The summed E-state index contributed by atoms with van der Waals surface area (Å²) in [5, 5.41) is 0.744. The van der Waals surface area contributed by atoms with E-state index < -0.39 is 16.0 Å². The quantitative estimate of drug-likeness (QED) is 0.762. The summed E-state index contributed by atoms with van der Waals surface area (Å²) in [5.41, 5.74) is -3.19. The number of aryl methyl sites for hydroxylation is 1. The fourth-order valence-corrected chi connectivity index (χ4v) is 4.37. The molecule has 2 rings (SSSR count). The Kier molecular flexibility index (Phi) is 5.50. The number of rotatable bonds is 3. The van der Waals surface area contributed by atoms with Gasteiger partial charge in [-0.25, -0.2) is 0 Å². The van der Waals surface area contributed by atoms with Crippen molar-refractivity contribution >= 4 is 20.6 Å². The lowest BCUT2D eigenvalue weighted by Gasteiger charge is -2.04. The monoisotopic (exact) mass is 322 g/mol. The van der Waals surface area contributed by atoms with Crippen LogP contribution in [0, 0.1) is 0 Å². The molecule has 1 unspecified atom stereocenters. The van der Waals surface area contributed by atoms with Gasteiger partial charge in [-0.05, 0) is 24.0 Å². The molecule has 0 spiro atoms. The minimum Gasteiger partial charge on any atom is -1.00 e. The molecule has 112 valence electrons. The van der Waals surface area contributed by atoms with E-state index in [-0.39, 0.29) is 18.3 Å². The lowest BCUT2D eigenvalue weighted by Crippen LogP contribution is -3.00. The first-order chi connectivity index (χ1) is 8.84. The molecule has 1 aromatic carbocycles. The highest BCUT2D eigenvalue weighted by Gasteiger charge is 2.47. The standard InChI is InChI=1S/C15H18F3S.ClH/c1-4-5-13-8-12-7-6-11(10(2)3)9-14(12)19(13)15(16,17)18;/h6-10H,4-5H2,1-3H3;1H/q+1;/p-1. The zero-order chi connectivity index (χ0) is 14.2. The molecule has 0 amide bonds. The topological polar surface area (TPSA) is 0 Å². The molecule has 1 aromatic heterocycles. The number of hydrogen-bond acceptors (Lipinski definition) is 0. The second-order valence-corrected chi connectivity index (χ2v) is 7.10. The molecule has 1 atom stereocenters. The van der Waals surface area contributed by atoms with Gasteiger partial charge in [-0.2, -0.15) is 0 Å². The van der Waals surface area contributed by atoms with Gasteiger partial charge in [-0.3, -0.25) is 0 Å². The molecule has 0 fully saturated rings. The maximum absolute atomic E-state index is 13.3. The Hall–Kier alpha value is -0.740. The van der Waals surface area contributed by atoms with Crippen LogP contribution in [0.15, 0.2) is 24.3 Å². The third-order valence-corrected chi connectivity index (χ3v) is 5.33. The van der Waals surface area contributed by atoms with E-state index in [1.807, 2.05) is 32.9 Å². The van der Waals surface area contributed by atoms with E-state index in [0.29, 0.717) is 16.0 Å². The van der Waals surface area contributed by atoms with Gasteiger partial charge in [0.2, 0.25) is 0 Å². The van der Waals surface area contributed by atoms with Crippen molar-refractivity contribution in [3.05, 3.63) is 34.7 Å². The third kappa shape index (κ3) is 3.29. The molecule has 0 nitrogen and oxygen atoms in total. The Bertz CT molecular complexity index is 585. The molecule has 1 heterocycles. The lowest BCUT2D eigenvalue weighted by atomic mass is 10.0. The van der Waals surface area contributed by atoms with Gasteiger partial charge in [0, 0.05) is 23.9 Å². The second kappa shape index (κ2) is 6.35. The van der Waals surface area contributed by atoms with Crippen LogP contribution in [0.25, 0.3) is 10.1 Å². The van der Waals surface area contributed by atoms with E-state index in [9.17, 15) is 13.2 Å². The first-order valence-electron chi connectivity index (χ1n) is 6.50. The Balaban J connectivity index is 0.00000200. The smallest absolute Gasteiger partial charge is 0.600 e. The molecule has 0 aliphatic carbocycles. The van der Waals surface area contributed by atoms with Gasteiger partial charge in [-0.1, -0.05) is 26.8 Å². The number of thiophene rings is 1. The molecule has 0 saturated carbocycles. The number of halogens is 4. The van der Waals surface area contributed by atoms with Gasteiger partial charge in [0.05, 0.1) is 10.5 Å². The zero-order valence-electron chi connectivity index (χ0n) is 11.7. The van der Waals surface area contributed by atoms with Crippen LogP contribution in [-0.2, 0) is 11.9 Å². The summed E-state index contributed by atoms with van der Waals surface area (Å²) in [6, 6.07) is 7.25. The molecule has 0 bridgehead atoms. The van der Waals surface area contributed by atoms with Crippen molar-refractivity contribution in [1.82, 2.24) is 0 Å². The van der Waals surface area contributed by atoms with Gasteiger partial charge in [0.1, 0.15) is 0 Å². The van der Waals surface area contributed by atoms with Gasteiger partial charge in [-0.15, -0.1) is 13.2 Å². The predicted molar refractivity (Wildman–Crippen MR) is 75.8 cm³/mol. The van der Waals surface area contributed by atoms with Gasteiger partial charge >= 0.3 is 5.51 Å². The minimum atomic E-state index is -4.16. The van der Waals surface area contributed by atoms with Crippen molar-refractivity contribution in [3.8, 4) is 0 Å². The van der Waals surface area contributed by atoms with E-state index in [0.717, 1.165) is 17.4 Å². The van der Waals surface area contributed by atoms with Gasteiger partial charge in [0.15, 0.2) is 9.58 Å². The molecule has 20 heavy (non-hydrogen) atoms. The molecule has 5 heteroatoms. The van der Waals surface area contributed by atoms with E-state index >= 15 is 0 Å². The first kappa shape index (κ1) is 17.3. The molecule has 0 aliphatic rings. The van der Waals surface area contributed by atoms with Crippen LogP contribution < -0.4 is 12.4 Å². The number of hydrogen-bond donors (Lipinski definition) is 0. The van der Waals surface area contributed by atoms with Crippen LogP contribution in [0.2, 0.25) is 0 Å². The molecular weight excluding hydrogens is 305 g/mol. The molecular formula is C15H18ClF3S. The van der Waals surface area contributed by atoms with Crippen LogP contribution in [0.4, 0.5) is 13.2 Å². The summed E-state index contributed by atoms with van der Waals surface area (Å²) in [6.07, 6.45) is 1.27. The van der Waals surface area contributed by atoms with Gasteiger partial charge < -0.3 is 12.4 Å². The summed E-state index contributed by atoms with van der Waals surface area (Å²) < 4.78 is 40.4. The van der Waals surface area contributed by atoms with Crippen LogP contribution >= 0.6 is 10.5 Å². The Morgan fingerprint density at radius 3 is 2.30 bits per heavy atom. The second-order valence-electron chi connectivity index (χ2n) is 5.06. The highest BCUT2D eigenvalue weighted by atomic mass is 35.5. The SMILES string of the molecule is CCCc1cc2ccc(C(C)C)cc2[s+]1C(F)(F)F.[Cl-]. The highest BCUT2D eigenvalue weighted by molar-refractivity contribution is 7.38. The Morgan fingerprint density at radius 2 is 1.80 bits per heavy atom. The molecule has 0 radical (unpaired) electrons. The highest BCUT2D eigenvalue weighted by Crippen LogP contribution is 2.51. The van der Waals surface area contributed by atoms with Crippen LogP contribution in [0.3, 0.4) is 0 Å². The Morgan fingerprint density at radius 1 is 1.15 bits per heavy atom. The molecule has 2 aromatic rings. The molecule has 0 saturated heterocycles. The van der Waals surface area contributed by atoms with E-state index in [1.165, 1.54) is 0 Å². The van der Waals surface area contributed by atoms with Crippen molar-refractivity contribution in [2.24, 2.45) is 0 Å². The number of benzene rings is 1.